The van der Waals surface area contributed by atoms with Crippen molar-refractivity contribution in [2.24, 2.45) is 0 Å². The first-order chi connectivity index (χ1) is 7.58. The summed E-state index contributed by atoms with van der Waals surface area (Å²) in [5.41, 5.74) is -0.231. The molecule has 0 amide bonds. The van der Waals surface area contributed by atoms with Crippen molar-refractivity contribution in [3.05, 3.63) is 42.0 Å². The van der Waals surface area contributed by atoms with Gasteiger partial charge in [0, 0.05) is 6.04 Å². The van der Waals surface area contributed by atoms with Crippen molar-refractivity contribution in [1.82, 2.24) is 0 Å². The summed E-state index contributed by atoms with van der Waals surface area (Å²) in [6.45, 7) is 5.33. The highest BCUT2D eigenvalue weighted by atomic mass is 19.1. The van der Waals surface area contributed by atoms with E-state index in [2.05, 4.69) is 11.9 Å². The van der Waals surface area contributed by atoms with Crippen molar-refractivity contribution in [3.8, 4) is 6.07 Å². The fourth-order valence-corrected chi connectivity index (χ4v) is 1.33. The van der Waals surface area contributed by atoms with E-state index in [1.54, 1.807) is 19.1 Å². The molecule has 1 rings (SSSR count). The number of halogens is 2. The molecule has 0 aliphatic carbocycles. The van der Waals surface area contributed by atoms with Gasteiger partial charge in [0.25, 0.3) is 0 Å². The zero-order valence-corrected chi connectivity index (χ0v) is 8.93. The fourth-order valence-electron chi connectivity index (χ4n) is 1.33. The van der Waals surface area contributed by atoms with Crippen molar-refractivity contribution in [2.45, 2.75) is 19.4 Å². The zero-order valence-electron chi connectivity index (χ0n) is 8.93. The number of nitriles is 1. The summed E-state index contributed by atoms with van der Waals surface area (Å²) in [4.78, 5) is 0. The van der Waals surface area contributed by atoms with E-state index in [0.29, 0.717) is 6.42 Å². The lowest BCUT2D eigenvalue weighted by Crippen LogP contribution is -2.16. The zero-order chi connectivity index (χ0) is 12.1. The molecule has 1 atom stereocenters. The summed E-state index contributed by atoms with van der Waals surface area (Å²) in [6, 6.07) is 3.59. The Morgan fingerprint density at radius 3 is 2.50 bits per heavy atom. The lowest BCUT2D eigenvalue weighted by atomic mass is 10.1. The van der Waals surface area contributed by atoms with E-state index in [4.69, 9.17) is 5.26 Å². The summed E-state index contributed by atoms with van der Waals surface area (Å²) < 4.78 is 26.8. The Morgan fingerprint density at radius 1 is 1.50 bits per heavy atom. The average Bonchev–Trinajstić information content (AvgIpc) is 2.23. The second-order valence-electron chi connectivity index (χ2n) is 3.50. The van der Waals surface area contributed by atoms with E-state index >= 15 is 0 Å². The van der Waals surface area contributed by atoms with Crippen LogP contribution in [0.1, 0.15) is 18.9 Å². The number of nitrogens with zero attached hydrogens (tertiary/aromatic N) is 1. The molecule has 1 unspecified atom stereocenters. The maximum Gasteiger partial charge on any atom is 0.150 e. The molecule has 0 radical (unpaired) electrons. The Balaban J connectivity index is 2.97. The topological polar surface area (TPSA) is 35.8 Å². The average molecular weight is 222 g/mol. The molecule has 84 valence electrons. The van der Waals surface area contributed by atoms with Gasteiger partial charge in [-0.05, 0) is 25.5 Å². The third-order valence-electron chi connectivity index (χ3n) is 2.08. The minimum Gasteiger partial charge on any atom is -0.378 e. The van der Waals surface area contributed by atoms with E-state index in [0.717, 1.165) is 12.1 Å². The Morgan fingerprint density at radius 2 is 2.06 bits per heavy atom. The smallest absolute Gasteiger partial charge is 0.150 e. The predicted molar refractivity (Wildman–Crippen MR) is 59.0 cm³/mol. The van der Waals surface area contributed by atoms with Crippen molar-refractivity contribution in [1.29, 1.82) is 5.26 Å². The van der Waals surface area contributed by atoms with E-state index in [1.165, 1.54) is 0 Å². The Labute approximate surface area is 93.2 Å². The van der Waals surface area contributed by atoms with Gasteiger partial charge in [0.2, 0.25) is 0 Å². The number of anilines is 1. The van der Waals surface area contributed by atoms with Gasteiger partial charge in [-0.2, -0.15) is 5.26 Å². The van der Waals surface area contributed by atoms with Crippen LogP contribution in [0, 0.1) is 23.0 Å². The van der Waals surface area contributed by atoms with Crippen LogP contribution in [0.2, 0.25) is 0 Å². The van der Waals surface area contributed by atoms with Crippen LogP contribution in [0.15, 0.2) is 24.8 Å². The number of hydrogen-bond acceptors (Lipinski definition) is 2. The summed E-state index contributed by atoms with van der Waals surface area (Å²) in [5, 5.41) is 11.2. The molecule has 0 fully saturated rings. The van der Waals surface area contributed by atoms with Crippen LogP contribution < -0.4 is 5.32 Å². The van der Waals surface area contributed by atoms with Gasteiger partial charge in [-0.15, -0.1) is 6.58 Å². The maximum atomic E-state index is 13.4. The fraction of sp³-hybridized carbons (Fsp3) is 0.250. The van der Waals surface area contributed by atoms with Gasteiger partial charge >= 0.3 is 0 Å². The van der Waals surface area contributed by atoms with E-state index in [1.807, 2.05) is 0 Å². The lowest BCUT2D eigenvalue weighted by Gasteiger charge is -2.14. The Bertz CT molecular complexity index is 412. The minimum absolute atomic E-state index is 0.0306. The van der Waals surface area contributed by atoms with E-state index in [9.17, 15) is 8.78 Å². The van der Waals surface area contributed by atoms with Gasteiger partial charge in [-0.3, -0.25) is 0 Å². The molecule has 0 bridgehead atoms. The summed E-state index contributed by atoms with van der Waals surface area (Å²) >= 11 is 0. The third-order valence-corrected chi connectivity index (χ3v) is 2.08. The van der Waals surface area contributed by atoms with Crippen molar-refractivity contribution in [3.63, 3.8) is 0 Å². The Kier molecular flexibility index (Phi) is 4.01. The highest BCUT2D eigenvalue weighted by molar-refractivity contribution is 5.50. The van der Waals surface area contributed by atoms with Gasteiger partial charge in [-0.25, -0.2) is 8.78 Å². The van der Waals surface area contributed by atoms with Crippen molar-refractivity contribution >= 4 is 5.69 Å². The first-order valence-electron chi connectivity index (χ1n) is 4.85. The molecule has 0 spiro atoms. The van der Waals surface area contributed by atoms with E-state index in [-0.39, 0.29) is 17.3 Å². The monoisotopic (exact) mass is 222 g/mol. The summed E-state index contributed by atoms with van der Waals surface area (Å²) in [5.74, 6) is -1.51. The quantitative estimate of drug-likeness (QED) is 0.794. The highest BCUT2D eigenvalue weighted by Crippen LogP contribution is 2.21. The highest BCUT2D eigenvalue weighted by Gasteiger charge is 2.12. The summed E-state index contributed by atoms with van der Waals surface area (Å²) in [7, 11) is 0. The van der Waals surface area contributed by atoms with Crippen LogP contribution in [0.3, 0.4) is 0 Å². The molecule has 1 aromatic rings. The molecule has 16 heavy (non-hydrogen) atoms. The molecule has 1 N–H and O–H groups in total. The van der Waals surface area contributed by atoms with Crippen LogP contribution in [-0.4, -0.2) is 6.04 Å². The van der Waals surface area contributed by atoms with Crippen LogP contribution in [0.4, 0.5) is 14.5 Å². The van der Waals surface area contributed by atoms with Gasteiger partial charge < -0.3 is 5.32 Å². The molecule has 0 aliphatic rings. The van der Waals surface area contributed by atoms with Crippen molar-refractivity contribution in [2.75, 3.05) is 5.32 Å². The molecule has 4 heteroatoms. The van der Waals surface area contributed by atoms with Gasteiger partial charge in [0.1, 0.15) is 5.69 Å². The second kappa shape index (κ2) is 5.26. The molecular weight excluding hydrogens is 210 g/mol. The number of benzene rings is 1. The second-order valence-corrected chi connectivity index (χ2v) is 3.50. The van der Waals surface area contributed by atoms with Crippen molar-refractivity contribution < 1.29 is 8.78 Å². The molecule has 2 nitrogen and oxygen atoms in total. The maximum absolute atomic E-state index is 13.4. The van der Waals surface area contributed by atoms with Crippen LogP contribution >= 0.6 is 0 Å². The van der Waals surface area contributed by atoms with Crippen LogP contribution in [0.5, 0.6) is 0 Å². The van der Waals surface area contributed by atoms with Crippen LogP contribution in [-0.2, 0) is 0 Å². The minimum atomic E-state index is -0.757. The van der Waals surface area contributed by atoms with Gasteiger partial charge in [-0.1, -0.05) is 6.08 Å². The summed E-state index contributed by atoms with van der Waals surface area (Å²) in [6.07, 6.45) is 2.26. The van der Waals surface area contributed by atoms with Gasteiger partial charge in [0.05, 0.1) is 11.6 Å². The Hall–Kier alpha value is -1.89. The molecule has 0 aliphatic heterocycles. The molecule has 0 saturated carbocycles. The first-order valence-corrected chi connectivity index (χ1v) is 4.85. The standard InChI is InChI=1S/C12H12F2N2/c1-3-4-8(2)16-12-10(13)5-9(7-15)6-11(12)14/h3,5-6,8,16H,1,4H2,2H3. The predicted octanol–water partition coefficient (Wildman–Crippen LogP) is 3.21. The lowest BCUT2D eigenvalue weighted by molar-refractivity contribution is 0.582. The normalized spacial score (nSPS) is 11.6. The molecule has 0 heterocycles. The third kappa shape index (κ3) is 2.80. The molecular formula is C12H12F2N2. The number of rotatable bonds is 4. The number of hydrogen-bond donors (Lipinski definition) is 1. The first kappa shape index (κ1) is 12.2. The molecule has 0 aromatic heterocycles. The van der Waals surface area contributed by atoms with Gasteiger partial charge in [0.15, 0.2) is 11.6 Å². The molecule has 0 saturated heterocycles. The number of nitrogens with one attached hydrogen (secondary N) is 1. The SMILES string of the molecule is C=CCC(C)Nc1c(F)cc(C#N)cc1F. The molecule has 1 aromatic carbocycles. The van der Waals surface area contributed by atoms with Crippen LogP contribution in [0.25, 0.3) is 0 Å². The van der Waals surface area contributed by atoms with E-state index < -0.39 is 11.6 Å². The largest absolute Gasteiger partial charge is 0.378 e.